The standard InChI is InChI=1S/C45H27N3Se/c1-3-12-28(13-4-1)30-16-11-17-31(24-30)44-46-43(29-14-5-2-6-15-29)47-45(48-44)32-22-23-35-37(25-32)33-18-7-8-19-34(33)38-26-40-36-20-9-10-21-41(36)49-42(40)27-39(35)38/h1-27H. The van der Waals surface area contributed by atoms with Gasteiger partial charge in [-0.05, 0) is 11.1 Å². The summed E-state index contributed by atoms with van der Waals surface area (Å²) in [6, 6.07) is 58.3. The molecular weight excluding hydrogens is 661 g/mol. The Labute approximate surface area is 288 Å². The van der Waals surface area contributed by atoms with Crippen molar-refractivity contribution in [3.05, 3.63) is 164 Å². The smallest absolute Gasteiger partial charge is 0.0617 e. The predicted octanol–water partition coefficient (Wildman–Crippen LogP) is 11.4. The zero-order valence-electron chi connectivity index (χ0n) is 26.3. The van der Waals surface area contributed by atoms with E-state index in [4.69, 9.17) is 15.0 Å². The zero-order valence-corrected chi connectivity index (χ0v) is 28.1. The SMILES string of the molecule is c1ccc(-c2cccc(-c3nc(-c4ccccc4)nc(-c4ccc5c(c4)c4ccccc4c4cc6c(cc54)[se]c4ccccc46)n3)c2)cc1. The Morgan fingerprint density at radius 1 is 0.265 bits per heavy atom. The van der Waals surface area contributed by atoms with E-state index in [2.05, 4.69) is 140 Å². The maximum absolute atomic E-state index is 5.13. The molecule has 0 radical (unpaired) electrons. The van der Waals surface area contributed by atoms with Gasteiger partial charge in [0.1, 0.15) is 0 Å². The molecule has 3 nitrogen and oxygen atoms in total. The summed E-state index contributed by atoms with van der Waals surface area (Å²) in [5, 5.41) is 10.3. The van der Waals surface area contributed by atoms with Gasteiger partial charge in [-0.15, -0.1) is 0 Å². The van der Waals surface area contributed by atoms with E-state index in [-0.39, 0.29) is 0 Å². The van der Waals surface area contributed by atoms with Crippen molar-refractivity contribution < 1.29 is 0 Å². The Kier molecular flexibility index (Phi) is 6.51. The van der Waals surface area contributed by atoms with Gasteiger partial charge in [-0.2, -0.15) is 0 Å². The van der Waals surface area contributed by atoms with Crippen LogP contribution in [0.3, 0.4) is 0 Å². The normalized spacial score (nSPS) is 11.7. The van der Waals surface area contributed by atoms with E-state index in [1.54, 1.807) is 0 Å². The Morgan fingerprint density at radius 3 is 1.51 bits per heavy atom. The van der Waals surface area contributed by atoms with Crippen LogP contribution >= 0.6 is 0 Å². The summed E-state index contributed by atoms with van der Waals surface area (Å²) in [6.45, 7) is 0. The van der Waals surface area contributed by atoms with Crippen LogP contribution in [0, 0.1) is 0 Å². The third-order valence-electron chi connectivity index (χ3n) is 9.49. The van der Waals surface area contributed by atoms with Crippen molar-refractivity contribution in [1.29, 1.82) is 0 Å². The molecule has 0 unspecified atom stereocenters. The molecule has 0 bridgehead atoms. The number of fused-ring (bicyclic) bond motifs is 9. The van der Waals surface area contributed by atoms with Gasteiger partial charge in [-0.1, -0.05) is 60.7 Å². The first-order valence-electron chi connectivity index (χ1n) is 16.4. The van der Waals surface area contributed by atoms with Crippen molar-refractivity contribution in [2.24, 2.45) is 0 Å². The van der Waals surface area contributed by atoms with Crippen LogP contribution in [0.15, 0.2) is 164 Å². The number of nitrogens with zero attached hydrogens (tertiary/aromatic N) is 3. The summed E-state index contributed by atoms with van der Waals surface area (Å²) in [6.07, 6.45) is 0. The molecule has 0 amide bonds. The Bertz CT molecular complexity index is 2880. The Balaban J connectivity index is 1.20. The molecular formula is C45H27N3Se. The first-order valence-corrected chi connectivity index (χ1v) is 18.2. The number of hydrogen-bond acceptors (Lipinski definition) is 3. The molecule has 0 saturated carbocycles. The van der Waals surface area contributed by atoms with E-state index in [0.717, 1.165) is 27.8 Å². The molecule has 0 aliphatic carbocycles. The van der Waals surface area contributed by atoms with Gasteiger partial charge < -0.3 is 0 Å². The summed E-state index contributed by atoms with van der Waals surface area (Å²) in [5.74, 6) is 1.97. The molecule has 0 saturated heterocycles. The van der Waals surface area contributed by atoms with Gasteiger partial charge in [-0.3, -0.25) is 0 Å². The van der Waals surface area contributed by atoms with E-state index in [0.29, 0.717) is 32.0 Å². The van der Waals surface area contributed by atoms with Crippen molar-refractivity contribution in [2.75, 3.05) is 0 Å². The molecule has 0 N–H and O–H groups in total. The van der Waals surface area contributed by atoms with Crippen molar-refractivity contribution >= 4 is 66.1 Å². The fourth-order valence-electron chi connectivity index (χ4n) is 7.13. The molecule has 228 valence electrons. The average molecular weight is 689 g/mol. The molecule has 0 aliphatic rings. The number of hydrogen-bond donors (Lipinski definition) is 0. The van der Waals surface area contributed by atoms with Crippen LogP contribution in [0.4, 0.5) is 0 Å². The molecule has 0 aliphatic heterocycles. The molecule has 8 aromatic carbocycles. The van der Waals surface area contributed by atoms with Gasteiger partial charge >= 0.3 is 218 Å². The fourth-order valence-corrected chi connectivity index (χ4v) is 9.49. The summed E-state index contributed by atoms with van der Waals surface area (Å²) >= 11 is 0.297. The van der Waals surface area contributed by atoms with Crippen LogP contribution in [0.2, 0.25) is 0 Å². The quantitative estimate of drug-likeness (QED) is 0.136. The first kappa shape index (κ1) is 28.1. The van der Waals surface area contributed by atoms with Crippen LogP contribution in [0.25, 0.3) is 96.9 Å². The van der Waals surface area contributed by atoms with Crippen LogP contribution in [-0.4, -0.2) is 29.5 Å². The van der Waals surface area contributed by atoms with Crippen LogP contribution < -0.4 is 0 Å². The minimum atomic E-state index is 0.297. The van der Waals surface area contributed by atoms with Gasteiger partial charge in [-0.25, -0.2) is 0 Å². The van der Waals surface area contributed by atoms with Gasteiger partial charge in [0.25, 0.3) is 0 Å². The zero-order chi connectivity index (χ0) is 32.3. The minimum Gasteiger partial charge on any atom is -0.0617 e. The number of aromatic nitrogens is 3. The predicted molar refractivity (Wildman–Crippen MR) is 206 cm³/mol. The summed E-state index contributed by atoms with van der Waals surface area (Å²) in [5.41, 5.74) is 5.17. The summed E-state index contributed by atoms with van der Waals surface area (Å²) in [4.78, 5) is 15.2. The number of benzene rings is 8. The van der Waals surface area contributed by atoms with E-state index in [9.17, 15) is 0 Å². The third kappa shape index (κ3) is 4.76. The average Bonchev–Trinajstić information content (AvgIpc) is 3.55. The molecule has 10 rings (SSSR count). The second-order valence-electron chi connectivity index (χ2n) is 12.4. The van der Waals surface area contributed by atoms with Crippen molar-refractivity contribution in [3.63, 3.8) is 0 Å². The van der Waals surface area contributed by atoms with E-state index in [1.165, 1.54) is 51.6 Å². The summed E-state index contributed by atoms with van der Waals surface area (Å²) in [7, 11) is 0. The molecule has 0 atom stereocenters. The topological polar surface area (TPSA) is 38.7 Å². The molecule has 2 aromatic heterocycles. The fraction of sp³-hybridized carbons (Fsp3) is 0. The monoisotopic (exact) mass is 689 g/mol. The Hall–Kier alpha value is -5.93. The van der Waals surface area contributed by atoms with Crippen molar-refractivity contribution in [2.45, 2.75) is 0 Å². The molecule has 4 heteroatoms. The molecule has 10 aromatic rings. The van der Waals surface area contributed by atoms with E-state index >= 15 is 0 Å². The second kappa shape index (κ2) is 11.3. The van der Waals surface area contributed by atoms with E-state index < -0.39 is 0 Å². The second-order valence-corrected chi connectivity index (χ2v) is 14.7. The molecule has 0 fully saturated rings. The maximum atomic E-state index is 5.13. The third-order valence-corrected chi connectivity index (χ3v) is 11.9. The molecule has 49 heavy (non-hydrogen) atoms. The van der Waals surface area contributed by atoms with E-state index in [1.807, 2.05) is 24.3 Å². The Morgan fingerprint density at radius 2 is 0.776 bits per heavy atom. The van der Waals surface area contributed by atoms with Gasteiger partial charge in [0.15, 0.2) is 0 Å². The molecule has 0 spiro atoms. The van der Waals surface area contributed by atoms with Gasteiger partial charge in [0.2, 0.25) is 0 Å². The van der Waals surface area contributed by atoms with Crippen LogP contribution in [0.1, 0.15) is 0 Å². The van der Waals surface area contributed by atoms with Crippen LogP contribution in [0.5, 0.6) is 0 Å². The minimum absolute atomic E-state index is 0.297. The molecule has 2 heterocycles. The van der Waals surface area contributed by atoms with Crippen LogP contribution in [-0.2, 0) is 0 Å². The van der Waals surface area contributed by atoms with Gasteiger partial charge in [0.05, 0.1) is 0 Å². The number of rotatable bonds is 4. The van der Waals surface area contributed by atoms with Crippen molar-refractivity contribution in [1.82, 2.24) is 15.0 Å². The first-order chi connectivity index (χ1) is 24.3. The van der Waals surface area contributed by atoms with Gasteiger partial charge in [0, 0.05) is 0 Å². The summed E-state index contributed by atoms with van der Waals surface area (Å²) < 4.78 is 2.92. The van der Waals surface area contributed by atoms with Crippen molar-refractivity contribution in [3.8, 4) is 45.3 Å².